The van der Waals surface area contributed by atoms with Crippen LogP contribution in [0.25, 0.3) is 11.1 Å². The molecule has 0 spiro atoms. The Morgan fingerprint density at radius 1 is 1.07 bits per heavy atom. The molecule has 1 aromatic heterocycles. The Hall–Kier alpha value is -3.02. The van der Waals surface area contributed by atoms with Gasteiger partial charge in [-0.25, -0.2) is 0 Å². The highest BCUT2D eigenvalue weighted by Crippen LogP contribution is 2.34. The summed E-state index contributed by atoms with van der Waals surface area (Å²) in [5.74, 6) is 0.261. The van der Waals surface area contributed by atoms with E-state index in [0.29, 0.717) is 6.01 Å². The zero-order valence-electron chi connectivity index (χ0n) is 15.8. The molecule has 2 N–H and O–H groups in total. The summed E-state index contributed by atoms with van der Waals surface area (Å²) in [5, 5.41) is 0. The number of carbonyl (C=O) groups is 1. The van der Waals surface area contributed by atoms with E-state index in [1.807, 2.05) is 47.4 Å². The number of hydrogen-bond acceptors (Lipinski definition) is 5. The maximum Gasteiger partial charge on any atom is 0.298 e. The van der Waals surface area contributed by atoms with Crippen molar-refractivity contribution in [2.75, 3.05) is 35.2 Å². The van der Waals surface area contributed by atoms with Gasteiger partial charge >= 0.3 is 0 Å². The van der Waals surface area contributed by atoms with Gasteiger partial charge in [-0.05, 0) is 55.5 Å². The predicted molar refractivity (Wildman–Crippen MR) is 110 cm³/mol. The van der Waals surface area contributed by atoms with Gasteiger partial charge < -0.3 is 20.0 Å². The molecule has 1 saturated heterocycles. The number of hydrogen-bond donors (Lipinski definition) is 1. The molecule has 6 nitrogen and oxygen atoms in total. The van der Waals surface area contributed by atoms with Crippen molar-refractivity contribution in [3.63, 3.8) is 0 Å². The lowest BCUT2D eigenvalue weighted by Gasteiger charge is -2.36. The van der Waals surface area contributed by atoms with Crippen LogP contribution in [0.2, 0.25) is 0 Å². The Labute approximate surface area is 163 Å². The van der Waals surface area contributed by atoms with Crippen LogP contribution in [0.1, 0.15) is 24.8 Å². The highest BCUT2D eigenvalue weighted by molar-refractivity contribution is 5.97. The van der Waals surface area contributed by atoms with E-state index in [-0.39, 0.29) is 11.8 Å². The smallest absolute Gasteiger partial charge is 0.298 e. The molecule has 2 aliphatic heterocycles. The lowest BCUT2D eigenvalue weighted by atomic mass is 9.93. The van der Waals surface area contributed by atoms with Gasteiger partial charge in [0.15, 0.2) is 5.58 Å². The first-order valence-electron chi connectivity index (χ1n) is 10.00. The van der Waals surface area contributed by atoms with Gasteiger partial charge in [-0.15, -0.1) is 0 Å². The van der Waals surface area contributed by atoms with Crippen molar-refractivity contribution in [1.82, 2.24) is 4.98 Å². The van der Waals surface area contributed by atoms with Crippen LogP contribution in [0, 0.1) is 5.92 Å². The normalized spacial score (nSPS) is 17.7. The highest BCUT2D eigenvalue weighted by atomic mass is 16.4. The minimum absolute atomic E-state index is 0.0352. The number of nitrogens with two attached hydrogens (primary N) is 1. The van der Waals surface area contributed by atoms with E-state index in [0.717, 1.165) is 73.4 Å². The molecule has 0 radical (unpaired) electrons. The number of fused-ring (bicyclic) bond motifs is 2. The summed E-state index contributed by atoms with van der Waals surface area (Å²) in [5.41, 5.74) is 10.7. The summed E-state index contributed by atoms with van der Waals surface area (Å²) in [6.07, 6.45) is 3.54. The number of amides is 1. The van der Waals surface area contributed by atoms with Gasteiger partial charge in [0.2, 0.25) is 5.91 Å². The second kappa shape index (κ2) is 6.86. The predicted octanol–water partition coefficient (Wildman–Crippen LogP) is 3.61. The standard InChI is InChI=1S/C22H24N4O2/c23-17-6-3-8-19-16(17)5-4-12-26(19)21(27)15-10-13-25(14-11-15)22-24-18-7-1-2-9-20(18)28-22/h1-3,6-9,15H,4-5,10-14,23H2. The van der Waals surface area contributed by atoms with Crippen LogP contribution < -0.4 is 15.5 Å². The van der Waals surface area contributed by atoms with Crippen molar-refractivity contribution in [3.05, 3.63) is 48.0 Å². The zero-order valence-corrected chi connectivity index (χ0v) is 15.8. The van der Waals surface area contributed by atoms with Crippen molar-refractivity contribution in [3.8, 4) is 0 Å². The molecular formula is C22H24N4O2. The number of carbonyl (C=O) groups excluding carboxylic acids is 1. The summed E-state index contributed by atoms with van der Waals surface area (Å²) < 4.78 is 5.88. The third kappa shape index (κ3) is 2.89. The number of oxazole rings is 1. The fraction of sp³-hybridized carbons (Fsp3) is 0.364. The SMILES string of the molecule is Nc1cccc2c1CCCN2C(=O)C1CCN(c2nc3ccccc3o2)CC1. The van der Waals surface area contributed by atoms with Gasteiger partial charge in [0.05, 0.1) is 0 Å². The lowest BCUT2D eigenvalue weighted by molar-refractivity contribution is -0.123. The van der Waals surface area contributed by atoms with Crippen molar-refractivity contribution in [1.29, 1.82) is 0 Å². The van der Waals surface area contributed by atoms with Crippen LogP contribution in [0.4, 0.5) is 17.4 Å². The topological polar surface area (TPSA) is 75.6 Å². The number of nitrogen functional groups attached to an aromatic ring is 1. The maximum absolute atomic E-state index is 13.2. The largest absolute Gasteiger partial charge is 0.423 e. The summed E-state index contributed by atoms with van der Waals surface area (Å²) in [6.45, 7) is 2.34. The Bertz CT molecular complexity index is 987. The molecule has 3 aromatic rings. The van der Waals surface area contributed by atoms with Crippen molar-refractivity contribution < 1.29 is 9.21 Å². The average molecular weight is 376 g/mol. The molecule has 144 valence electrons. The number of nitrogens with zero attached hydrogens (tertiary/aromatic N) is 3. The van der Waals surface area contributed by atoms with Gasteiger partial charge in [0.1, 0.15) is 5.52 Å². The third-order valence-electron chi connectivity index (χ3n) is 5.95. The van der Waals surface area contributed by atoms with E-state index in [9.17, 15) is 4.79 Å². The molecule has 2 aromatic carbocycles. The number of anilines is 3. The quantitative estimate of drug-likeness (QED) is 0.692. The van der Waals surface area contributed by atoms with Crippen molar-refractivity contribution in [2.45, 2.75) is 25.7 Å². The Morgan fingerprint density at radius 2 is 1.89 bits per heavy atom. The van der Waals surface area contributed by atoms with Gasteiger partial charge in [-0.3, -0.25) is 4.79 Å². The minimum Gasteiger partial charge on any atom is -0.423 e. The van der Waals surface area contributed by atoms with Crippen molar-refractivity contribution in [2.24, 2.45) is 5.92 Å². The minimum atomic E-state index is 0.0352. The van der Waals surface area contributed by atoms with E-state index in [4.69, 9.17) is 10.2 Å². The zero-order chi connectivity index (χ0) is 19.1. The fourth-order valence-corrected chi connectivity index (χ4v) is 4.41. The second-order valence-corrected chi connectivity index (χ2v) is 7.66. The van der Waals surface area contributed by atoms with Crippen LogP contribution in [-0.2, 0) is 11.2 Å². The molecule has 2 aliphatic rings. The van der Waals surface area contributed by atoms with Crippen LogP contribution in [-0.4, -0.2) is 30.5 Å². The molecular weight excluding hydrogens is 352 g/mol. The lowest BCUT2D eigenvalue weighted by Crippen LogP contribution is -2.44. The average Bonchev–Trinajstić information content (AvgIpc) is 3.18. The number of rotatable bonds is 2. The second-order valence-electron chi connectivity index (χ2n) is 7.66. The van der Waals surface area contributed by atoms with Crippen molar-refractivity contribution >= 4 is 34.4 Å². The van der Waals surface area contributed by atoms with E-state index in [1.54, 1.807) is 0 Å². The molecule has 5 rings (SSSR count). The highest BCUT2D eigenvalue weighted by Gasteiger charge is 2.32. The number of benzene rings is 2. The number of aromatic nitrogens is 1. The molecule has 0 unspecified atom stereocenters. The molecule has 1 fully saturated rings. The van der Waals surface area contributed by atoms with Gasteiger partial charge in [0.25, 0.3) is 6.01 Å². The third-order valence-corrected chi connectivity index (χ3v) is 5.95. The molecule has 28 heavy (non-hydrogen) atoms. The first-order valence-corrected chi connectivity index (χ1v) is 10.00. The van der Waals surface area contributed by atoms with E-state index in [1.165, 1.54) is 0 Å². The summed E-state index contributed by atoms with van der Waals surface area (Å²) in [6, 6.07) is 14.3. The molecule has 3 heterocycles. The van der Waals surface area contributed by atoms with Gasteiger partial charge in [-0.1, -0.05) is 18.2 Å². The summed E-state index contributed by atoms with van der Waals surface area (Å²) in [4.78, 5) is 21.9. The molecule has 1 amide bonds. The van der Waals surface area contributed by atoms with E-state index in [2.05, 4.69) is 9.88 Å². The Morgan fingerprint density at radius 3 is 2.71 bits per heavy atom. The molecule has 6 heteroatoms. The van der Waals surface area contributed by atoms with Gasteiger partial charge in [-0.2, -0.15) is 4.98 Å². The summed E-state index contributed by atoms with van der Waals surface area (Å²) >= 11 is 0. The maximum atomic E-state index is 13.2. The summed E-state index contributed by atoms with van der Waals surface area (Å²) in [7, 11) is 0. The molecule has 0 atom stereocenters. The van der Waals surface area contributed by atoms with E-state index >= 15 is 0 Å². The van der Waals surface area contributed by atoms with E-state index < -0.39 is 0 Å². The number of para-hydroxylation sites is 2. The fourth-order valence-electron chi connectivity index (χ4n) is 4.41. The molecule has 0 bridgehead atoms. The molecule has 0 saturated carbocycles. The van der Waals surface area contributed by atoms with Crippen LogP contribution in [0.15, 0.2) is 46.9 Å². The van der Waals surface area contributed by atoms with Gasteiger partial charge in [0, 0.05) is 36.9 Å². The first kappa shape index (κ1) is 17.1. The first-order chi connectivity index (χ1) is 13.7. The monoisotopic (exact) mass is 376 g/mol. The molecule has 0 aliphatic carbocycles. The van der Waals surface area contributed by atoms with Crippen LogP contribution in [0.5, 0.6) is 0 Å². The number of piperidine rings is 1. The Balaban J connectivity index is 1.30. The Kier molecular flexibility index (Phi) is 4.19. The van der Waals surface area contributed by atoms with Crippen LogP contribution in [0.3, 0.4) is 0 Å². The van der Waals surface area contributed by atoms with Crippen LogP contribution >= 0.6 is 0 Å².